The van der Waals surface area contributed by atoms with Crippen LogP contribution in [0.5, 0.6) is 5.88 Å². The van der Waals surface area contributed by atoms with Crippen LogP contribution in [0.1, 0.15) is 24.8 Å². The third-order valence-corrected chi connectivity index (χ3v) is 5.55. The topological polar surface area (TPSA) is 38.2 Å². The highest BCUT2D eigenvalue weighted by atomic mass is 35.5. The highest BCUT2D eigenvalue weighted by Crippen LogP contribution is 2.31. The lowest BCUT2D eigenvalue weighted by atomic mass is 10.0. The number of ether oxygens (including phenoxy) is 1. The van der Waals surface area contributed by atoms with Crippen molar-refractivity contribution in [2.24, 2.45) is 0 Å². The van der Waals surface area contributed by atoms with E-state index in [2.05, 4.69) is 36.1 Å². The number of rotatable bonds is 6. The first-order valence-corrected chi connectivity index (χ1v) is 10.6. The van der Waals surface area contributed by atoms with Crippen LogP contribution >= 0.6 is 11.6 Å². The standard InChI is InChI=1S/C24H26ClN3O/c1-18-5-7-19(8-6-18)23-24(20-9-11-21(25)12-10-20)27-22(17-26-23)29-16-15-28-13-3-2-4-14-28/h5-12,17H,2-4,13-16H2,1H3. The minimum atomic E-state index is 0.558. The molecule has 4 rings (SSSR count). The summed E-state index contributed by atoms with van der Waals surface area (Å²) >= 11 is 6.08. The molecule has 4 nitrogen and oxygen atoms in total. The van der Waals surface area contributed by atoms with E-state index in [0.29, 0.717) is 17.5 Å². The van der Waals surface area contributed by atoms with Gasteiger partial charge in [0.15, 0.2) is 0 Å². The number of hydrogen-bond acceptors (Lipinski definition) is 4. The summed E-state index contributed by atoms with van der Waals surface area (Å²) < 4.78 is 5.96. The number of aromatic nitrogens is 2. The summed E-state index contributed by atoms with van der Waals surface area (Å²) in [4.78, 5) is 12.0. The van der Waals surface area contributed by atoms with E-state index >= 15 is 0 Å². The van der Waals surface area contributed by atoms with Gasteiger partial charge in [0.25, 0.3) is 0 Å². The number of piperidine rings is 1. The third-order valence-electron chi connectivity index (χ3n) is 5.30. The number of nitrogens with zero attached hydrogens (tertiary/aromatic N) is 3. The minimum Gasteiger partial charge on any atom is -0.475 e. The zero-order chi connectivity index (χ0) is 20.1. The molecule has 1 aromatic heterocycles. The Hall–Kier alpha value is -2.43. The number of aryl methyl sites for hydroxylation is 1. The van der Waals surface area contributed by atoms with Crippen molar-refractivity contribution in [3.8, 4) is 28.4 Å². The van der Waals surface area contributed by atoms with Gasteiger partial charge in [0.2, 0.25) is 5.88 Å². The largest absolute Gasteiger partial charge is 0.475 e. The maximum atomic E-state index is 6.08. The Morgan fingerprint density at radius 1 is 0.897 bits per heavy atom. The molecule has 2 heterocycles. The molecule has 3 aromatic rings. The number of likely N-dealkylation sites (tertiary alicyclic amines) is 1. The first kappa shape index (κ1) is 19.9. The normalized spacial score (nSPS) is 14.7. The van der Waals surface area contributed by atoms with E-state index in [1.807, 2.05) is 24.3 Å². The molecule has 1 aliphatic rings. The Kier molecular flexibility index (Phi) is 6.43. The molecule has 0 N–H and O–H groups in total. The maximum Gasteiger partial charge on any atom is 0.232 e. The molecule has 5 heteroatoms. The first-order valence-electron chi connectivity index (χ1n) is 10.2. The van der Waals surface area contributed by atoms with Gasteiger partial charge in [-0.25, -0.2) is 9.97 Å². The Morgan fingerprint density at radius 3 is 2.28 bits per heavy atom. The molecule has 29 heavy (non-hydrogen) atoms. The summed E-state index contributed by atoms with van der Waals surface area (Å²) in [6, 6.07) is 16.0. The van der Waals surface area contributed by atoms with Crippen molar-refractivity contribution in [2.45, 2.75) is 26.2 Å². The van der Waals surface area contributed by atoms with Crippen LogP contribution in [-0.2, 0) is 0 Å². The number of hydrogen-bond donors (Lipinski definition) is 0. The fourth-order valence-corrected chi connectivity index (χ4v) is 3.76. The quantitative estimate of drug-likeness (QED) is 0.530. The average Bonchev–Trinajstić information content (AvgIpc) is 2.76. The van der Waals surface area contributed by atoms with Crippen molar-refractivity contribution >= 4 is 11.6 Å². The Bertz CT molecular complexity index is 935. The molecule has 0 radical (unpaired) electrons. The molecular formula is C24H26ClN3O. The molecule has 0 atom stereocenters. The lowest BCUT2D eigenvalue weighted by Gasteiger charge is -2.26. The van der Waals surface area contributed by atoms with Crippen molar-refractivity contribution in [3.63, 3.8) is 0 Å². The van der Waals surface area contributed by atoms with E-state index in [9.17, 15) is 0 Å². The zero-order valence-corrected chi connectivity index (χ0v) is 17.5. The van der Waals surface area contributed by atoms with Crippen molar-refractivity contribution in [2.75, 3.05) is 26.2 Å². The molecule has 0 unspecified atom stereocenters. The van der Waals surface area contributed by atoms with Crippen LogP contribution in [0.4, 0.5) is 0 Å². The monoisotopic (exact) mass is 407 g/mol. The molecule has 1 aliphatic heterocycles. The van der Waals surface area contributed by atoms with Gasteiger partial charge >= 0.3 is 0 Å². The van der Waals surface area contributed by atoms with Gasteiger partial charge in [-0.2, -0.15) is 0 Å². The van der Waals surface area contributed by atoms with E-state index in [-0.39, 0.29) is 0 Å². The van der Waals surface area contributed by atoms with Gasteiger partial charge in [0.05, 0.1) is 11.9 Å². The molecule has 2 aromatic carbocycles. The SMILES string of the molecule is Cc1ccc(-c2ncc(OCCN3CCCCC3)nc2-c2ccc(Cl)cc2)cc1. The minimum absolute atomic E-state index is 0.558. The molecule has 1 saturated heterocycles. The number of halogens is 1. The summed E-state index contributed by atoms with van der Waals surface area (Å²) in [5.74, 6) is 0.558. The van der Waals surface area contributed by atoms with E-state index in [1.165, 1.54) is 24.8 Å². The zero-order valence-electron chi connectivity index (χ0n) is 16.8. The van der Waals surface area contributed by atoms with Crippen molar-refractivity contribution in [1.29, 1.82) is 0 Å². The first-order chi connectivity index (χ1) is 14.2. The summed E-state index contributed by atoms with van der Waals surface area (Å²) in [7, 11) is 0. The summed E-state index contributed by atoms with van der Waals surface area (Å²) in [5.41, 5.74) is 4.87. The molecule has 0 amide bonds. The van der Waals surface area contributed by atoms with Crippen LogP contribution in [0, 0.1) is 6.92 Å². The molecule has 1 fully saturated rings. The van der Waals surface area contributed by atoms with Crippen LogP contribution in [0.25, 0.3) is 22.5 Å². The smallest absolute Gasteiger partial charge is 0.232 e. The van der Waals surface area contributed by atoms with Crippen molar-refractivity contribution in [1.82, 2.24) is 14.9 Å². The Labute approximate surface area is 177 Å². The van der Waals surface area contributed by atoms with Gasteiger partial charge in [-0.3, -0.25) is 4.90 Å². The second-order valence-corrected chi connectivity index (χ2v) is 7.97. The van der Waals surface area contributed by atoms with Gasteiger partial charge in [-0.1, -0.05) is 60.0 Å². The van der Waals surface area contributed by atoms with E-state index in [0.717, 1.165) is 42.1 Å². The highest BCUT2D eigenvalue weighted by Gasteiger charge is 2.14. The van der Waals surface area contributed by atoms with E-state index < -0.39 is 0 Å². The Balaban J connectivity index is 1.58. The second-order valence-electron chi connectivity index (χ2n) is 7.53. The molecule has 150 valence electrons. The maximum absolute atomic E-state index is 6.08. The summed E-state index contributed by atoms with van der Waals surface area (Å²) in [5, 5.41) is 0.701. The number of benzene rings is 2. The average molecular weight is 408 g/mol. The molecular weight excluding hydrogens is 382 g/mol. The molecule has 0 spiro atoms. The van der Waals surface area contributed by atoms with Crippen molar-refractivity contribution in [3.05, 3.63) is 65.3 Å². The van der Waals surface area contributed by atoms with Crippen LogP contribution in [-0.4, -0.2) is 41.1 Å². The third kappa shape index (κ3) is 5.14. The van der Waals surface area contributed by atoms with Gasteiger partial charge in [-0.05, 0) is 45.0 Å². The van der Waals surface area contributed by atoms with Gasteiger partial charge in [-0.15, -0.1) is 0 Å². The summed E-state index contributed by atoms with van der Waals surface area (Å²) in [6.07, 6.45) is 5.64. The lowest BCUT2D eigenvalue weighted by molar-refractivity contribution is 0.180. The molecule has 0 aliphatic carbocycles. The Morgan fingerprint density at radius 2 is 1.55 bits per heavy atom. The lowest BCUT2D eigenvalue weighted by Crippen LogP contribution is -2.33. The van der Waals surface area contributed by atoms with Gasteiger partial charge in [0.1, 0.15) is 12.3 Å². The van der Waals surface area contributed by atoms with Crippen LogP contribution in [0.3, 0.4) is 0 Å². The predicted molar refractivity (Wildman–Crippen MR) is 118 cm³/mol. The van der Waals surface area contributed by atoms with Crippen LogP contribution in [0.15, 0.2) is 54.7 Å². The van der Waals surface area contributed by atoms with Crippen LogP contribution in [0.2, 0.25) is 5.02 Å². The van der Waals surface area contributed by atoms with Gasteiger partial charge < -0.3 is 4.74 Å². The van der Waals surface area contributed by atoms with E-state index in [4.69, 9.17) is 26.3 Å². The fraction of sp³-hybridized carbons (Fsp3) is 0.333. The highest BCUT2D eigenvalue weighted by molar-refractivity contribution is 6.30. The fourth-order valence-electron chi connectivity index (χ4n) is 3.64. The predicted octanol–water partition coefficient (Wildman–Crippen LogP) is 5.64. The summed E-state index contributed by atoms with van der Waals surface area (Å²) in [6.45, 7) is 5.96. The van der Waals surface area contributed by atoms with Gasteiger partial charge in [0, 0.05) is 22.7 Å². The molecule has 0 bridgehead atoms. The van der Waals surface area contributed by atoms with Crippen molar-refractivity contribution < 1.29 is 4.74 Å². The van der Waals surface area contributed by atoms with Crippen LogP contribution < -0.4 is 4.74 Å². The van der Waals surface area contributed by atoms with E-state index in [1.54, 1.807) is 6.20 Å². The second kappa shape index (κ2) is 9.38. The molecule has 0 saturated carbocycles.